The molecule has 0 amide bonds. The van der Waals surface area contributed by atoms with Crippen molar-refractivity contribution >= 4 is 22.1 Å². The van der Waals surface area contributed by atoms with E-state index in [2.05, 4.69) is 4.72 Å². The first-order chi connectivity index (χ1) is 12.4. The number of benzene rings is 2. The van der Waals surface area contributed by atoms with Gasteiger partial charge in [-0.2, -0.15) is 0 Å². The van der Waals surface area contributed by atoms with Crippen molar-refractivity contribution in [3.63, 3.8) is 0 Å². The van der Waals surface area contributed by atoms with Gasteiger partial charge in [0, 0.05) is 12.6 Å². The first kappa shape index (κ1) is 19.5. The van der Waals surface area contributed by atoms with E-state index >= 15 is 0 Å². The van der Waals surface area contributed by atoms with Crippen LogP contribution < -0.4 is 14.2 Å². The maximum absolute atomic E-state index is 12.6. The number of sulfonamides is 1. The molecule has 0 aliphatic rings. The Morgan fingerprint density at radius 2 is 1.81 bits per heavy atom. The zero-order valence-electron chi connectivity index (χ0n) is 14.3. The molecule has 138 valence electrons. The molecular weight excluding hydrogens is 358 g/mol. The van der Waals surface area contributed by atoms with Gasteiger partial charge in [-0.15, -0.1) is 0 Å². The third-order valence-electron chi connectivity index (χ3n) is 3.52. The molecule has 2 aromatic carbocycles. The van der Waals surface area contributed by atoms with Gasteiger partial charge in [0.1, 0.15) is 16.4 Å². The Morgan fingerprint density at radius 3 is 2.38 bits per heavy atom. The SMILES string of the molecule is COc1ccc(CNS(=O)(=O)c2cc(/C=C/C(=O)O)ccc2OC)cc1. The van der Waals surface area contributed by atoms with Crippen molar-refractivity contribution < 1.29 is 27.8 Å². The summed E-state index contributed by atoms with van der Waals surface area (Å²) in [6.07, 6.45) is 2.24. The number of nitrogens with one attached hydrogen (secondary N) is 1. The number of methoxy groups -OCH3 is 2. The molecule has 26 heavy (non-hydrogen) atoms. The molecule has 0 aliphatic heterocycles. The number of hydrogen-bond acceptors (Lipinski definition) is 5. The van der Waals surface area contributed by atoms with Crippen LogP contribution in [0.2, 0.25) is 0 Å². The summed E-state index contributed by atoms with van der Waals surface area (Å²) in [7, 11) is -0.949. The number of carbonyl (C=O) groups is 1. The summed E-state index contributed by atoms with van der Waals surface area (Å²) in [6.45, 7) is 0.0880. The normalized spacial score (nSPS) is 11.5. The molecule has 0 aromatic heterocycles. The Hall–Kier alpha value is -2.84. The van der Waals surface area contributed by atoms with Crippen LogP contribution in [0, 0.1) is 0 Å². The highest BCUT2D eigenvalue weighted by molar-refractivity contribution is 7.89. The minimum atomic E-state index is -3.87. The summed E-state index contributed by atoms with van der Waals surface area (Å²) in [5, 5.41) is 8.70. The second-order valence-electron chi connectivity index (χ2n) is 5.25. The lowest BCUT2D eigenvalue weighted by Gasteiger charge is -2.12. The largest absolute Gasteiger partial charge is 0.497 e. The Bertz CT molecular complexity index is 904. The second kappa shape index (κ2) is 8.50. The van der Waals surface area contributed by atoms with Crippen molar-refractivity contribution in [2.24, 2.45) is 0 Å². The zero-order chi connectivity index (χ0) is 19.2. The highest BCUT2D eigenvalue weighted by Gasteiger charge is 2.19. The molecule has 0 bridgehead atoms. The summed E-state index contributed by atoms with van der Waals surface area (Å²) in [6, 6.07) is 11.4. The van der Waals surface area contributed by atoms with Gasteiger partial charge in [0.05, 0.1) is 14.2 Å². The van der Waals surface area contributed by atoms with Crippen LogP contribution in [-0.4, -0.2) is 33.7 Å². The van der Waals surface area contributed by atoms with Crippen LogP contribution in [0.4, 0.5) is 0 Å². The second-order valence-corrected chi connectivity index (χ2v) is 6.99. The van der Waals surface area contributed by atoms with Gasteiger partial charge in [0.2, 0.25) is 10.0 Å². The number of ether oxygens (including phenoxy) is 2. The van der Waals surface area contributed by atoms with Gasteiger partial charge in [-0.3, -0.25) is 0 Å². The fraction of sp³-hybridized carbons (Fsp3) is 0.167. The van der Waals surface area contributed by atoms with Crippen molar-refractivity contribution in [2.45, 2.75) is 11.4 Å². The number of rotatable bonds is 8. The van der Waals surface area contributed by atoms with Gasteiger partial charge in [0.15, 0.2) is 0 Å². The van der Waals surface area contributed by atoms with E-state index in [1.807, 2.05) is 0 Å². The van der Waals surface area contributed by atoms with Crippen LogP contribution in [-0.2, 0) is 21.4 Å². The smallest absolute Gasteiger partial charge is 0.328 e. The van der Waals surface area contributed by atoms with Crippen LogP contribution in [0.3, 0.4) is 0 Å². The van der Waals surface area contributed by atoms with E-state index in [4.69, 9.17) is 14.6 Å². The highest BCUT2D eigenvalue weighted by Crippen LogP contribution is 2.25. The first-order valence-corrected chi connectivity index (χ1v) is 9.05. The number of hydrogen-bond donors (Lipinski definition) is 2. The summed E-state index contributed by atoms with van der Waals surface area (Å²) in [5.41, 5.74) is 1.19. The van der Waals surface area contributed by atoms with E-state index in [-0.39, 0.29) is 17.2 Å². The lowest BCUT2D eigenvalue weighted by Crippen LogP contribution is -2.23. The van der Waals surface area contributed by atoms with Gasteiger partial charge in [0.25, 0.3) is 0 Å². The molecule has 0 unspecified atom stereocenters. The number of aliphatic carboxylic acids is 1. The molecule has 0 aliphatic carbocycles. The van der Waals surface area contributed by atoms with Gasteiger partial charge in [-0.1, -0.05) is 18.2 Å². The average Bonchev–Trinajstić information content (AvgIpc) is 2.65. The fourth-order valence-corrected chi connectivity index (χ4v) is 3.39. The molecular formula is C18H19NO6S. The van der Waals surface area contributed by atoms with Gasteiger partial charge >= 0.3 is 5.97 Å². The molecule has 0 saturated carbocycles. The molecule has 2 rings (SSSR count). The van der Waals surface area contributed by atoms with E-state index in [0.717, 1.165) is 11.6 Å². The van der Waals surface area contributed by atoms with Crippen molar-refractivity contribution in [1.29, 1.82) is 0 Å². The third kappa shape index (κ3) is 5.08. The summed E-state index contributed by atoms with van der Waals surface area (Å²) < 4.78 is 38.0. The van der Waals surface area contributed by atoms with E-state index in [0.29, 0.717) is 11.3 Å². The van der Waals surface area contributed by atoms with E-state index < -0.39 is 16.0 Å². The third-order valence-corrected chi connectivity index (χ3v) is 4.94. The summed E-state index contributed by atoms with van der Waals surface area (Å²) >= 11 is 0. The minimum Gasteiger partial charge on any atom is -0.497 e. The lowest BCUT2D eigenvalue weighted by atomic mass is 10.2. The van der Waals surface area contributed by atoms with E-state index in [1.54, 1.807) is 37.4 Å². The Labute approximate surface area is 151 Å². The Kier molecular flexibility index (Phi) is 6.37. The molecule has 0 saturated heterocycles. The standard InChI is InChI=1S/C18H19NO6S/c1-24-15-7-3-14(4-8-15)12-19-26(22,23)17-11-13(6-10-18(20)21)5-9-16(17)25-2/h3-11,19H,12H2,1-2H3,(H,20,21)/b10-6+. The molecule has 0 fully saturated rings. The molecule has 0 radical (unpaired) electrons. The maximum Gasteiger partial charge on any atom is 0.328 e. The molecule has 0 heterocycles. The first-order valence-electron chi connectivity index (χ1n) is 7.57. The lowest BCUT2D eigenvalue weighted by molar-refractivity contribution is -0.131. The van der Waals surface area contributed by atoms with Gasteiger partial charge in [-0.25, -0.2) is 17.9 Å². The molecule has 8 heteroatoms. The number of carboxylic acid groups (broad SMARTS) is 1. The molecule has 2 N–H and O–H groups in total. The van der Waals surface area contributed by atoms with Crippen molar-refractivity contribution in [1.82, 2.24) is 4.72 Å². The van der Waals surface area contributed by atoms with Gasteiger partial charge < -0.3 is 14.6 Å². The average molecular weight is 377 g/mol. The predicted octanol–water partition coefficient (Wildman–Crippen LogP) is 2.28. The predicted molar refractivity (Wildman–Crippen MR) is 96.7 cm³/mol. The van der Waals surface area contributed by atoms with Crippen LogP contribution in [0.15, 0.2) is 53.4 Å². The van der Waals surface area contributed by atoms with Crippen LogP contribution in [0.25, 0.3) is 6.08 Å². The van der Waals surface area contributed by atoms with E-state index in [9.17, 15) is 13.2 Å². The summed E-state index contributed by atoms with van der Waals surface area (Å²) in [4.78, 5) is 10.6. The maximum atomic E-state index is 12.6. The fourth-order valence-electron chi connectivity index (χ4n) is 2.17. The Morgan fingerprint density at radius 1 is 1.12 bits per heavy atom. The molecule has 2 aromatic rings. The van der Waals surface area contributed by atoms with Crippen LogP contribution in [0.1, 0.15) is 11.1 Å². The van der Waals surface area contributed by atoms with E-state index in [1.165, 1.54) is 25.3 Å². The van der Waals surface area contributed by atoms with Crippen molar-refractivity contribution in [3.8, 4) is 11.5 Å². The molecule has 0 spiro atoms. The van der Waals surface area contributed by atoms with Crippen LogP contribution >= 0.6 is 0 Å². The topological polar surface area (TPSA) is 102 Å². The van der Waals surface area contributed by atoms with Crippen molar-refractivity contribution in [3.05, 3.63) is 59.7 Å². The monoisotopic (exact) mass is 377 g/mol. The zero-order valence-corrected chi connectivity index (χ0v) is 15.1. The van der Waals surface area contributed by atoms with Crippen LogP contribution in [0.5, 0.6) is 11.5 Å². The molecule has 0 atom stereocenters. The highest BCUT2D eigenvalue weighted by atomic mass is 32.2. The quantitative estimate of drug-likeness (QED) is 0.685. The Balaban J connectivity index is 2.25. The molecule has 7 nitrogen and oxygen atoms in total. The van der Waals surface area contributed by atoms with Gasteiger partial charge in [-0.05, 0) is 41.5 Å². The summed E-state index contributed by atoms with van der Waals surface area (Å²) in [5.74, 6) is -0.279. The van der Waals surface area contributed by atoms with Crippen molar-refractivity contribution in [2.75, 3.05) is 14.2 Å². The minimum absolute atomic E-state index is 0.0685. The number of carboxylic acids is 1.